The molecule has 1 heterocycles. The molecule has 0 radical (unpaired) electrons. The first-order valence-corrected chi connectivity index (χ1v) is 5.48. The Balaban J connectivity index is 1.81. The van der Waals surface area contributed by atoms with Crippen molar-refractivity contribution in [2.75, 3.05) is 6.54 Å². The van der Waals surface area contributed by atoms with Gasteiger partial charge in [0.25, 0.3) is 0 Å². The second kappa shape index (κ2) is 3.73. The van der Waals surface area contributed by atoms with E-state index in [9.17, 15) is 0 Å². The van der Waals surface area contributed by atoms with Crippen LogP contribution in [0.1, 0.15) is 44.8 Å². The van der Waals surface area contributed by atoms with Crippen molar-refractivity contribution in [2.24, 2.45) is 5.41 Å². The van der Waals surface area contributed by atoms with Gasteiger partial charge in [-0.05, 0) is 37.7 Å². The molecule has 0 aliphatic heterocycles. The summed E-state index contributed by atoms with van der Waals surface area (Å²) in [6.45, 7) is 5.61. The first-order chi connectivity index (χ1) is 6.76. The molecule has 0 aromatic carbocycles. The van der Waals surface area contributed by atoms with Gasteiger partial charge in [-0.25, -0.2) is 0 Å². The molecule has 78 valence electrons. The molecule has 3 nitrogen and oxygen atoms in total. The molecule has 1 aromatic heterocycles. The predicted molar refractivity (Wildman–Crippen MR) is 57.0 cm³/mol. The topological polar surface area (TPSA) is 40.7 Å². The minimum atomic E-state index is 0.390. The number of nitrogens with zero attached hydrogens (tertiary/aromatic N) is 1. The number of nitrogens with one attached hydrogen (secondary N) is 2. The van der Waals surface area contributed by atoms with Gasteiger partial charge in [0.15, 0.2) is 0 Å². The van der Waals surface area contributed by atoms with Gasteiger partial charge < -0.3 is 5.32 Å². The minimum absolute atomic E-state index is 0.390. The van der Waals surface area contributed by atoms with Crippen LogP contribution in [0.25, 0.3) is 0 Å². The number of aromatic amines is 1. The second-order valence-corrected chi connectivity index (χ2v) is 4.47. The zero-order chi connectivity index (χ0) is 10.0. The van der Waals surface area contributed by atoms with Gasteiger partial charge in [-0.15, -0.1) is 0 Å². The largest absolute Gasteiger partial charge is 0.308 e. The van der Waals surface area contributed by atoms with Crippen LogP contribution in [0.15, 0.2) is 12.3 Å². The normalized spacial score (nSPS) is 20.7. The van der Waals surface area contributed by atoms with Crippen LogP contribution in [-0.2, 0) is 0 Å². The van der Waals surface area contributed by atoms with Gasteiger partial charge in [-0.1, -0.05) is 6.92 Å². The van der Waals surface area contributed by atoms with Crippen molar-refractivity contribution in [3.63, 3.8) is 0 Å². The van der Waals surface area contributed by atoms with Crippen LogP contribution >= 0.6 is 0 Å². The van der Waals surface area contributed by atoms with E-state index in [1.54, 1.807) is 6.20 Å². The van der Waals surface area contributed by atoms with E-state index in [1.165, 1.54) is 25.0 Å². The van der Waals surface area contributed by atoms with E-state index in [1.807, 2.05) is 6.07 Å². The van der Waals surface area contributed by atoms with E-state index >= 15 is 0 Å². The lowest BCUT2D eigenvalue weighted by molar-refractivity contribution is 0.412. The Hall–Kier alpha value is -0.830. The Morgan fingerprint density at radius 3 is 2.93 bits per heavy atom. The highest BCUT2D eigenvalue weighted by molar-refractivity contribution is 5.04. The molecule has 1 aliphatic carbocycles. The Labute approximate surface area is 85.3 Å². The molecule has 0 saturated heterocycles. The summed E-state index contributed by atoms with van der Waals surface area (Å²) in [6, 6.07) is 2.42. The maximum atomic E-state index is 3.96. The third-order valence-corrected chi connectivity index (χ3v) is 3.48. The number of rotatable bonds is 5. The minimum Gasteiger partial charge on any atom is -0.308 e. The molecule has 3 heteroatoms. The van der Waals surface area contributed by atoms with Crippen LogP contribution in [0.4, 0.5) is 0 Å². The standard InChI is InChI=1S/C11H19N3/c1-3-11(5-6-11)8-12-9(2)10-4-7-13-14-10/h4,7,9,12H,3,5-6,8H2,1-2H3,(H,13,14). The molecule has 1 atom stereocenters. The maximum Gasteiger partial charge on any atom is 0.0518 e. The molecule has 2 N–H and O–H groups in total. The average Bonchev–Trinajstić information content (AvgIpc) is 2.78. The fourth-order valence-electron chi connectivity index (χ4n) is 1.82. The third-order valence-electron chi connectivity index (χ3n) is 3.48. The number of aromatic nitrogens is 2. The van der Waals surface area contributed by atoms with E-state index in [2.05, 4.69) is 29.4 Å². The van der Waals surface area contributed by atoms with E-state index in [-0.39, 0.29) is 0 Å². The van der Waals surface area contributed by atoms with Gasteiger partial charge in [-0.3, -0.25) is 5.10 Å². The van der Waals surface area contributed by atoms with Gasteiger partial charge in [0.1, 0.15) is 0 Å². The molecular formula is C11H19N3. The zero-order valence-electron chi connectivity index (χ0n) is 9.01. The molecule has 2 rings (SSSR count). The molecule has 0 amide bonds. The van der Waals surface area contributed by atoms with Crippen LogP contribution in [-0.4, -0.2) is 16.7 Å². The second-order valence-electron chi connectivity index (χ2n) is 4.47. The molecule has 1 unspecified atom stereocenters. The Morgan fingerprint density at radius 2 is 2.43 bits per heavy atom. The van der Waals surface area contributed by atoms with Crippen LogP contribution in [0.2, 0.25) is 0 Å². The SMILES string of the molecule is CCC1(CNC(C)c2ccn[nH]2)CC1. The van der Waals surface area contributed by atoms with Crippen molar-refractivity contribution < 1.29 is 0 Å². The Bertz CT molecular complexity index is 275. The van der Waals surface area contributed by atoms with Crippen molar-refractivity contribution >= 4 is 0 Å². The monoisotopic (exact) mass is 193 g/mol. The smallest absolute Gasteiger partial charge is 0.0518 e. The fourth-order valence-corrected chi connectivity index (χ4v) is 1.82. The zero-order valence-corrected chi connectivity index (χ0v) is 9.01. The molecule has 1 aliphatic rings. The fraction of sp³-hybridized carbons (Fsp3) is 0.727. The van der Waals surface area contributed by atoms with E-state index in [0.717, 1.165) is 6.54 Å². The van der Waals surface area contributed by atoms with Gasteiger partial charge in [0.2, 0.25) is 0 Å². The van der Waals surface area contributed by atoms with Gasteiger partial charge in [0, 0.05) is 18.8 Å². The number of H-pyrrole nitrogens is 1. The number of hydrogen-bond acceptors (Lipinski definition) is 2. The lowest BCUT2D eigenvalue weighted by Gasteiger charge is -2.17. The number of hydrogen-bond donors (Lipinski definition) is 2. The van der Waals surface area contributed by atoms with Crippen LogP contribution in [0.5, 0.6) is 0 Å². The van der Waals surface area contributed by atoms with Gasteiger partial charge in [0.05, 0.1) is 5.69 Å². The summed E-state index contributed by atoms with van der Waals surface area (Å²) in [7, 11) is 0. The van der Waals surface area contributed by atoms with Crippen molar-refractivity contribution in [2.45, 2.75) is 39.2 Å². The van der Waals surface area contributed by atoms with Crippen molar-refractivity contribution in [3.8, 4) is 0 Å². The van der Waals surface area contributed by atoms with Crippen LogP contribution in [0, 0.1) is 5.41 Å². The van der Waals surface area contributed by atoms with Crippen molar-refractivity contribution in [3.05, 3.63) is 18.0 Å². The highest BCUT2D eigenvalue weighted by Crippen LogP contribution is 2.48. The first kappa shape index (κ1) is 9.71. The summed E-state index contributed by atoms with van der Waals surface area (Å²) in [5, 5.41) is 10.5. The van der Waals surface area contributed by atoms with Crippen molar-refractivity contribution in [1.82, 2.24) is 15.5 Å². The van der Waals surface area contributed by atoms with E-state index in [0.29, 0.717) is 11.5 Å². The molecule has 0 bridgehead atoms. The Kier molecular flexibility index (Phi) is 2.59. The molecule has 14 heavy (non-hydrogen) atoms. The lowest BCUT2D eigenvalue weighted by Crippen LogP contribution is -2.26. The third kappa shape index (κ3) is 1.98. The highest BCUT2D eigenvalue weighted by Gasteiger charge is 2.40. The predicted octanol–water partition coefficient (Wildman–Crippen LogP) is 2.25. The van der Waals surface area contributed by atoms with Crippen molar-refractivity contribution in [1.29, 1.82) is 0 Å². The van der Waals surface area contributed by atoms with Crippen LogP contribution < -0.4 is 5.32 Å². The van der Waals surface area contributed by atoms with Gasteiger partial charge >= 0.3 is 0 Å². The summed E-state index contributed by atoms with van der Waals surface area (Å²) >= 11 is 0. The lowest BCUT2D eigenvalue weighted by atomic mass is 10.0. The first-order valence-electron chi connectivity index (χ1n) is 5.48. The van der Waals surface area contributed by atoms with Gasteiger partial charge in [-0.2, -0.15) is 5.10 Å². The van der Waals surface area contributed by atoms with E-state index < -0.39 is 0 Å². The summed E-state index contributed by atoms with van der Waals surface area (Å²) in [6.07, 6.45) is 5.90. The molecule has 1 saturated carbocycles. The van der Waals surface area contributed by atoms with Crippen LogP contribution in [0.3, 0.4) is 0 Å². The Morgan fingerprint density at radius 1 is 1.64 bits per heavy atom. The molecule has 1 aromatic rings. The molecule has 1 fully saturated rings. The highest BCUT2D eigenvalue weighted by atomic mass is 15.1. The quantitative estimate of drug-likeness (QED) is 0.753. The molecule has 0 spiro atoms. The average molecular weight is 193 g/mol. The van der Waals surface area contributed by atoms with E-state index in [4.69, 9.17) is 0 Å². The maximum absolute atomic E-state index is 3.96. The molecular weight excluding hydrogens is 174 g/mol. The summed E-state index contributed by atoms with van der Waals surface area (Å²) < 4.78 is 0. The summed E-state index contributed by atoms with van der Waals surface area (Å²) in [5.74, 6) is 0. The summed E-state index contributed by atoms with van der Waals surface area (Å²) in [4.78, 5) is 0. The summed E-state index contributed by atoms with van der Waals surface area (Å²) in [5.41, 5.74) is 1.80.